The standard InChI is InChI=1S/C23H24Cl2FN3O4S/c1-23(2,16-12-19(25)21(20(26)13-16)32-11-9-24)15-4-6-18(7-5-15)33-14-17-8-10-27-22(28-17)29-34(3,30)31/h4-8,10,12-13H,9,11,14H2,1-3H3,(H,27,28,29). The molecule has 0 spiro atoms. The van der Waals surface area contributed by atoms with Gasteiger partial charge in [0.2, 0.25) is 16.0 Å². The predicted molar refractivity (Wildman–Crippen MR) is 131 cm³/mol. The number of nitrogens with one attached hydrogen (secondary N) is 1. The van der Waals surface area contributed by atoms with Crippen LogP contribution in [0.25, 0.3) is 0 Å². The number of nitrogens with zero attached hydrogens (tertiary/aromatic N) is 2. The smallest absolute Gasteiger partial charge is 0.236 e. The Balaban J connectivity index is 1.72. The van der Waals surface area contributed by atoms with Crippen molar-refractivity contribution in [2.75, 3.05) is 23.5 Å². The van der Waals surface area contributed by atoms with E-state index in [4.69, 9.17) is 32.7 Å². The van der Waals surface area contributed by atoms with Crippen LogP contribution in [-0.2, 0) is 22.0 Å². The summed E-state index contributed by atoms with van der Waals surface area (Å²) < 4.78 is 50.6. The van der Waals surface area contributed by atoms with Crippen LogP contribution in [0.2, 0.25) is 5.02 Å². The first kappa shape index (κ1) is 26.0. The molecule has 0 aliphatic carbocycles. The van der Waals surface area contributed by atoms with Gasteiger partial charge in [-0.05, 0) is 41.5 Å². The van der Waals surface area contributed by atoms with E-state index in [1.54, 1.807) is 24.3 Å². The van der Waals surface area contributed by atoms with Gasteiger partial charge in [0.05, 0.1) is 22.9 Å². The zero-order valence-electron chi connectivity index (χ0n) is 18.8. The third-order valence-electron chi connectivity index (χ3n) is 5.00. The van der Waals surface area contributed by atoms with Gasteiger partial charge in [0.1, 0.15) is 19.0 Å². The van der Waals surface area contributed by atoms with E-state index in [2.05, 4.69) is 14.7 Å². The van der Waals surface area contributed by atoms with Gasteiger partial charge in [-0.25, -0.2) is 22.8 Å². The van der Waals surface area contributed by atoms with E-state index in [0.717, 1.165) is 11.8 Å². The maximum Gasteiger partial charge on any atom is 0.236 e. The van der Waals surface area contributed by atoms with Crippen molar-refractivity contribution < 1.29 is 22.3 Å². The van der Waals surface area contributed by atoms with Gasteiger partial charge in [-0.2, -0.15) is 0 Å². The molecule has 3 aromatic rings. The lowest BCUT2D eigenvalue weighted by atomic mass is 9.78. The fourth-order valence-electron chi connectivity index (χ4n) is 3.18. The Bertz CT molecular complexity index is 1230. The molecule has 0 bridgehead atoms. The first-order chi connectivity index (χ1) is 16.0. The largest absolute Gasteiger partial charge is 0.488 e. The number of anilines is 1. The highest BCUT2D eigenvalue weighted by molar-refractivity contribution is 7.91. The van der Waals surface area contributed by atoms with Crippen molar-refractivity contribution in [3.05, 3.63) is 76.3 Å². The third kappa shape index (κ3) is 6.71. The minimum atomic E-state index is -3.47. The number of benzene rings is 2. The second kappa shape index (κ2) is 10.8. The summed E-state index contributed by atoms with van der Waals surface area (Å²) in [7, 11) is -3.47. The highest BCUT2D eigenvalue weighted by atomic mass is 35.5. The van der Waals surface area contributed by atoms with Crippen LogP contribution in [0, 0.1) is 5.82 Å². The zero-order valence-corrected chi connectivity index (χ0v) is 21.1. The molecule has 2 aromatic carbocycles. The normalized spacial score (nSPS) is 11.8. The molecule has 1 N–H and O–H groups in total. The topological polar surface area (TPSA) is 90.4 Å². The van der Waals surface area contributed by atoms with E-state index in [0.29, 0.717) is 17.0 Å². The molecular formula is C23H24Cl2FN3O4S. The lowest BCUT2D eigenvalue weighted by Crippen LogP contribution is -2.19. The van der Waals surface area contributed by atoms with Crippen molar-refractivity contribution >= 4 is 39.2 Å². The fraction of sp³-hybridized carbons (Fsp3) is 0.304. The monoisotopic (exact) mass is 527 g/mol. The van der Waals surface area contributed by atoms with Crippen molar-refractivity contribution in [3.63, 3.8) is 0 Å². The molecule has 0 unspecified atom stereocenters. The maximum atomic E-state index is 14.6. The summed E-state index contributed by atoms with van der Waals surface area (Å²) in [5, 5.41) is 0.183. The van der Waals surface area contributed by atoms with Crippen molar-refractivity contribution in [1.82, 2.24) is 9.97 Å². The van der Waals surface area contributed by atoms with Crippen LogP contribution in [0.1, 0.15) is 30.7 Å². The van der Waals surface area contributed by atoms with Gasteiger partial charge < -0.3 is 9.47 Å². The number of alkyl halides is 1. The van der Waals surface area contributed by atoms with Crippen molar-refractivity contribution in [2.45, 2.75) is 25.9 Å². The second-order valence-electron chi connectivity index (χ2n) is 7.99. The highest BCUT2D eigenvalue weighted by Crippen LogP contribution is 2.38. The highest BCUT2D eigenvalue weighted by Gasteiger charge is 2.26. The molecule has 1 aromatic heterocycles. The molecule has 7 nitrogen and oxygen atoms in total. The van der Waals surface area contributed by atoms with Crippen LogP contribution >= 0.6 is 23.2 Å². The maximum absolute atomic E-state index is 14.6. The summed E-state index contributed by atoms with van der Waals surface area (Å²) >= 11 is 11.9. The number of hydrogen-bond acceptors (Lipinski definition) is 6. The molecule has 0 saturated heterocycles. The van der Waals surface area contributed by atoms with Crippen molar-refractivity contribution in [1.29, 1.82) is 0 Å². The van der Waals surface area contributed by atoms with E-state index >= 15 is 0 Å². The van der Waals surface area contributed by atoms with Crippen molar-refractivity contribution in [3.8, 4) is 11.5 Å². The van der Waals surface area contributed by atoms with E-state index < -0.39 is 21.3 Å². The number of rotatable bonds is 10. The Morgan fingerprint density at radius 2 is 1.79 bits per heavy atom. The molecule has 0 radical (unpaired) electrons. The van der Waals surface area contributed by atoms with Gasteiger partial charge in [-0.15, -0.1) is 11.6 Å². The Kier molecular flexibility index (Phi) is 8.22. The predicted octanol–water partition coefficient (Wildman–Crippen LogP) is 5.16. The van der Waals surface area contributed by atoms with Crippen LogP contribution in [0.4, 0.5) is 10.3 Å². The number of halogens is 3. The number of ether oxygens (including phenoxy) is 2. The molecule has 0 aliphatic heterocycles. The first-order valence-corrected chi connectivity index (χ1v) is 13.0. The SMILES string of the molecule is CC(C)(c1ccc(OCc2ccnc(NS(C)(=O)=O)n2)cc1)c1cc(F)c(OCCCl)c(Cl)c1. The molecule has 0 fully saturated rings. The molecule has 11 heteroatoms. The van der Waals surface area contributed by atoms with E-state index in [1.165, 1.54) is 12.3 Å². The number of aromatic nitrogens is 2. The summed E-state index contributed by atoms with van der Waals surface area (Å²) in [4.78, 5) is 7.99. The van der Waals surface area contributed by atoms with Crippen LogP contribution < -0.4 is 14.2 Å². The summed E-state index contributed by atoms with van der Waals surface area (Å²) in [5.41, 5.74) is 1.57. The van der Waals surface area contributed by atoms with E-state index in [-0.39, 0.29) is 35.8 Å². The van der Waals surface area contributed by atoms with Crippen LogP contribution in [0.3, 0.4) is 0 Å². The van der Waals surface area contributed by atoms with Gasteiger partial charge in [-0.1, -0.05) is 37.6 Å². The molecule has 0 saturated carbocycles. The van der Waals surface area contributed by atoms with Gasteiger partial charge in [0.25, 0.3) is 0 Å². The summed E-state index contributed by atoms with van der Waals surface area (Å²) in [6.45, 7) is 4.20. The molecule has 0 aliphatic rings. The minimum Gasteiger partial charge on any atom is -0.488 e. The zero-order chi connectivity index (χ0) is 24.9. The molecule has 0 atom stereocenters. The average Bonchev–Trinajstić information content (AvgIpc) is 2.76. The van der Waals surface area contributed by atoms with Gasteiger partial charge in [0, 0.05) is 11.6 Å². The van der Waals surface area contributed by atoms with Crippen LogP contribution in [0.5, 0.6) is 11.5 Å². The van der Waals surface area contributed by atoms with Crippen LogP contribution in [0.15, 0.2) is 48.7 Å². The minimum absolute atomic E-state index is 0.00905. The van der Waals surface area contributed by atoms with E-state index in [1.807, 2.05) is 26.0 Å². The number of sulfonamides is 1. The first-order valence-electron chi connectivity index (χ1n) is 10.2. The second-order valence-corrected chi connectivity index (χ2v) is 10.5. The third-order valence-corrected chi connectivity index (χ3v) is 5.98. The average molecular weight is 528 g/mol. The van der Waals surface area contributed by atoms with Crippen LogP contribution in [-0.4, -0.2) is 37.1 Å². The Morgan fingerprint density at radius 3 is 2.41 bits per heavy atom. The lowest BCUT2D eigenvalue weighted by Gasteiger charge is -2.27. The molecule has 0 amide bonds. The Labute approximate surface area is 208 Å². The van der Waals surface area contributed by atoms with Crippen molar-refractivity contribution in [2.24, 2.45) is 0 Å². The molecule has 1 heterocycles. The van der Waals surface area contributed by atoms with Gasteiger partial charge in [0.15, 0.2) is 11.6 Å². The van der Waals surface area contributed by atoms with E-state index in [9.17, 15) is 12.8 Å². The quantitative estimate of drug-likeness (QED) is 0.366. The fourth-order valence-corrected chi connectivity index (χ4v) is 3.95. The Morgan fingerprint density at radius 1 is 1.09 bits per heavy atom. The van der Waals surface area contributed by atoms with Gasteiger partial charge >= 0.3 is 0 Å². The molecular weight excluding hydrogens is 504 g/mol. The molecule has 3 rings (SSSR count). The lowest BCUT2D eigenvalue weighted by molar-refractivity contribution is 0.301. The molecule has 182 valence electrons. The van der Waals surface area contributed by atoms with Gasteiger partial charge in [-0.3, -0.25) is 4.72 Å². The number of hydrogen-bond donors (Lipinski definition) is 1. The summed E-state index contributed by atoms with van der Waals surface area (Å²) in [5.74, 6) is 0.240. The molecule has 34 heavy (non-hydrogen) atoms. The summed E-state index contributed by atoms with van der Waals surface area (Å²) in [6, 6.07) is 12.1. The summed E-state index contributed by atoms with van der Waals surface area (Å²) in [6.07, 6.45) is 2.47. The Hall–Kier alpha value is -2.62.